The summed E-state index contributed by atoms with van der Waals surface area (Å²) in [5.74, 6) is 0. The maximum atomic E-state index is 2.57. The summed E-state index contributed by atoms with van der Waals surface area (Å²) in [6, 6.07) is 107. The molecule has 2 atom stereocenters. The number of hydrogen-bond acceptors (Lipinski definition) is 2. The van der Waals surface area contributed by atoms with E-state index in [0.717, 1.165) is 34.1 Å². The topological polar surface area (TPSA) is 6.48 Å². The monoisotopic (exact) mass is 1120 g/mol. The van der Waals surface area contributed by atoms with Gasteiger partial charge in [0.05, 0.1) is 0 Å². The molecule has 18 rings (SSSR count). The van der Waals surface area contributed by atoms with Crippen molar-refractivity contribution in [1.82, 2.24) is 0 Å². The minimum Gasteiger partial charge on any atom is -0.310 e. The van der Waals surface area contributed by atoms with Crippen LogP contribution in [0.15, 0.2) is 279 Å². The van der Waals surface area contributed by atoms with Gasteiger partial charge in [0.15, 0.2) is 0 Å². The van der Waals surface area contributed by atoms with E-state index in [0.29, 0.717) is 0 Å². The molecule has 0 N–H and O–H groups in total. The molecule has 0 saturated carbocycles. The van der Waals surface area contributed by atoms with Crippen molar-refractivity contribution in [3.8, 4) is 44.5 Å². The van der Waals surface area contributed by atoms with Gasteiger partial charge >= 0.3 is 0 Å². The molecule has 88 heavy (non-hydrogen) atoms. The van der Waals surface area contributed by atoms with Crippen LogP contribution < -0.4 is 9.80 Å². The van der Waals surface area contributed by atoms with Crippen molar-refractivity contribution >= 4 is 77.2 Å². The summed E-state index contributed by atoms with van der Waals surface area (Å²) >= 11 is 0. The zero-order chi connectivity index (χ0) is 59.0. The lowest BCUT2D eigenvalue weighted by Crippen LogP contribution is -2.44. The molecule has 2 heteroatoms. The van der Waals surface area contributed by atoms with Crippen LogP contribution in [0.1, 0.15) is 86.1 Å². The number of hydrogen-bond donors (Lipinski definition) is 0. The predicted octanol–water partition coefficient (Wildman–Crippen LogP) is 23.1. The average Bonchev–Trinajstić information content (AvgIpc) is 1.51. The molecule has 0 spiro atoms. The van der Waals surface area contributed by atoms with E-state index >= 15 is 0 Å². The summed E-state index contributed by atoms with van der Waals surface area (Å²) in [6.07, 6.45) is 0. The second kappa shape index (κ2) is 18.1. The molecule has 4 aliphatic carbocycles. The van der Waals surface area contributed by atoms with Crippen LogP contribution in [-0.4, -0.2) is 0 Å². The Kier molecular flexibility index (Phi) is 10.5. The molecule has 0 heterocycles. The van der Waals surface area contributed by atoms with E-state index < -0.39 is 10.8 Å². The summed E-state index contributed by atoms with van der Waals surface area (Å²) in [6.45, 7) is 14.7. The maximum Gasteiger partial charge on any atom is 0.0468 e. The third-order valence-electron chi connectivity index (χ3n) is 21.7. The smallest absolute Gasteiger partial charge is 0.0468 e. The van der Waals surface area contributed by atoms with Crippen molar-refractivity contribution in [3.63, 3.8) is 0 Å². The van der Waals surface area contributed by atoms with Crippen LogP contribution in [0.2, 0.25) is 0 Å². The Morgan fingerprint density at radius 3 is 0.830 bits per heavy atom. The molecule has 14 aromatic rings. The number of anilines is 6. The van der Waals surface area contributed by atoms with Crippen LogP contribution in [0.3, 0.4) is 0 Å². The van der Waals surface area contributed by atoms with E-state index in [1.807, 2.05) is 0 Å². The second-order valence-electron chi connectivity index (χ2n) is 26.7. The standard InChI is InChI=1S/C86H64N2/c1-83(2)75-27-15-11-23-65(75)69-43-39-59(49-79(69)83)87(57-37-35-55-33-31-53-19-7-9-21-63(53)73(55)47-57)61-41-45-71-67-25-13-17-29-77(67)85(5,81(71)51-61)86(6)78-30-18-14-26-68(78)72-46-42-62(52-82(72)86)88(58-38-36-56-34-32-54-20-8-10-22-64(54)74(56)48-58)60-40-44-70-66-24-12-16-28-76(66)84(3,4)80(70)50-60/h7-52H,1-6H3. The van der Waals surface area contributed by atoms with Gasteiger partial charge in [-0.05, 0) is 205 Å². The minimum atomic E-state index is -0.558. The Bertz CT molecular complexity index is 5020. The number of benzene rings is 14. The molecule has 0 fully saturated rings. The van der Waals surface area contributed by atoms with E-state index in [2.05, 4.69) is 330 Å². The molecule has 0 amide bonds. The molecular formula is C86H64N2. The molecule has 0 saturated heterocycles. The Morgan fingerprint density at radius 2 is 0.443 bits per heavy atom. The van der Waals surface area contributed by atoms with E-state index in [-0.39, 0.29) is 10.8 Å². The summed E-state index contributed by atoms with van der Waals surface area (Å²) in [5, 5.41) is 9.95. The van der Waals surface area contributed by atoms with Crippen molar-refractivity contribution in [2.24, 2.45) is 0 Å². The third-order valence-corrected chi connectivity index (χ3v) is 21.7. The fourth-order valence-corrected chi connectivity index (χ4v) is 17.1. The lowest BCUT2D eigenvalue weighted by molar-refractivity contribution is 0.376. The van der Waals surface area contributed by atoms with Crippen LogP contribution >= 0.6 is 0 Å². The molecule has 0 bridgehead atoms. The molecular weight excluding hydrogens is 1060 g/mol. The van der Waals surface area contributed by atoms with Gasteiger partial charge in [0.25, 0.3) is 0 Å². The highest BCUT2D eigenvalue weighted by Crippen LogP contribution is 2.66. The second-order valence-corrected chi connectivity index (χ2v) is 26.7. The Balaban J connectivity index is 0.857. The fraction of sp³-hybridized carbons (Fsp3) is 0.116. The van der Waals surface area contributed by atoms with Gasteiger partial charge in [-0.1, -0.05) is 248 Å². The van der Waals surface area contributed by atoms with Gasteiger partial charge in [-0.3, -0.25) is 0 Å². The molecule has 4 aliphatic rings. The van der Waals surface area contributed by atoms with E-state index in [4.69, 9.17) is 0 Å². The minimum absolute atomic E-state index is 0.177. The van der Waals surface area contributed by atoms with Crippen LogP contribution in [0.25, 0.3) is 87.6 Å². The predicted molar refractivity (Wildman–Crippen MR) is 371 cm³/mol. The summed E-state index contributed by atoms with van der Waals surface area (Å²) in [5.41, 5.74) is 26.6. The van der Waals surface area contributed by atoms with Crippen molar-refractivity contribution in [2.45, 2.75) is 63.2 Å². The SMILES string of the molecule is CC1(C)c2ccccc2-c2ccc(N(c3ccc4c(c3)C(C)(C3(C)c5ccccc5-c5ccc(N(c6ccc7c(c6)C(C)(C)c6ccccc6-7)c6ccc7ccc8ccccc8c7c6)cc53)c3ccccc3-4)c3ccc4ccc5ccccc5c4c3)cc21. The Hall–Kier alpha value is -10.3. The average molecular weight is 1130 g/mol. The first-order valence-electron chi connectivity index (χ1n) is 31.3. The number of nitrogens with zero attached hydrogens (tertiary/aromatic N) is 2. The quantitative estimate of drug-likeness (QED) is 0.147. The van der Waals surface area contributed by atoms with Crippen molar-refractivity contribution in [2.75, 3.05) is 9.80 Å². The van der Waals surface area contributed by atoms with E-state index in [1.165, 1.54) is 132 Å². The zero-order valence-corrected chi connectivity index (χ0v) is 50.5. The first-order valence-corrected chi connectivity index (χ1v) is 31.3. The number of rotatable bonds is 7. The van der Waals surface area contributed by atoms with Crippen LogP contribution in [-0.2, 0) is 21.7 Å². The summed E-state index contributed by atoms with van der Waals surface area (Å²) in [7, 11) is 0. The number of fused-ring (bicyclic) bond motifs is 18. The molecule has 14 aromatic carbocycles. The van der Waals surface area contributed by atoms with E-state index in [1.54, 1.807) is 0 Å². The largest absolute Gasteiger partial charge is 0.310 e. The molecule has 2 nitrogen and oxygen atoms in total. The van der Waals surface area contributed by atoms with Gasteiger partial charge in [-0.2, -0.15) is 0 Å². The van der Waals surface area contributed by atoms with Crippen molar-refractivity contribution < 1.29 is 0 Å². The highest BCUT2D eigenvalue weighted by molar-refractivity contribution is 6.10. The lowest BCUT2D eigenvalue weighted by Gasteiger charge is -2.45. The molecule has 2 unspecified atom stereocenters. The van der Waals surface area contributed by atoms with Crippen LogP contribution in [0, 0.1) is 0 Å². The Labute approximate surface area is 515 Å². The molecule has 0 aromatic heterocycles. The van der Waals surface area contributed by atoms with Gasteiger partial charge in [0.1, 0.15) is 0 Å². The summed E-state index contributed by atoms with van der Waals surface area (Å²) in [4.78, 5) is 5.09. The normalized spacial score (nSPS) is 17.5. The highest BCUT2D eigenvalue weighted by Gasteiger charge is 2.58. The maximum absolute atomic E-state index is 2.57. The van der Waals surface area contributed by atoms with Crippen molar-refractivity contribution in [1.29, 1.82) is 0 Å². The third kappa shape index (κ3) is 6.83. The van der Waals surface area contributed by atoms with Crippen molar-refractivity contribution in [3.05, 3.63) is 324 Å². The molecule has 418 valence electrons. The van der Waals surface area contributed by atoms with Crippen LogP contribution in [0.5, 0.6) is 0 Å². The lowest BCUT2D eigenvalue weighted by atomic mass is 9.56. The summed E-state index contributed by atoms with van der Waals surface area (Å²) < 4.78 is 0. The van der Waals surface area contributed by atoms with Crippen LogP contribution in [0.4, 0.5) is 34.1 Å². The zero-order valence-electron chi connectivity index (χ0n) is 50.5. The van der Waals surface area contributed by atoms with Gasteiger partial charge in [-0.25, -0.2) is 0 Å². The first kappa shape index (κ1) is 51.0. The molecule has 0 aliphatic heterocycles. The highest BCUT2D eigenvalue weighted by atomic mass is 15.1. The first-order chi connectivity index (χ1) is 42.9. The van der Waals surface area contributed by atoms with Gasteiger partial charge < -0.3 is 9.80 Å². The van der Waals surface area contributed by atoms with E-state index in [9.17, 15) is 0 Å². The fourth-order valence-electron chi connectivity index (χ4n) is 17.1. The molecule has 0 radical (unpaired) electrons. The Morgan fingerprint density at radius 1 is 0.193 bits per heavy atom. The van der Waals surface area contributed by atoms with Gasteiger partial charge in [0, 0.05) is 55.8 Å². The van der Waals surface area contributed by atoms with Gasteiger partial charge in [0.2, 0.25) is 0 Å². The van der Waals surface area contributed by atoms with Gasteiger partial charge in [-0.15, -0.1) is 0 Å².